The van der Waals surface area contributed by atoms with Crippen LogP contribution < -0.4 is 5.32 Å². The van der Waals surface area contributed by atoms with Gasteiger partial charge in [-0.05, 0) is 55.6 Å². The lowest BCUT2D eigenvalue weighted by Crippen LogP contribution is -2.35. The van der Waals surface area contributed by atoms with E-state index in [0.717, 1.165) is 23.3 Å². The predicted octanol–water partition coefficient (Wildman–Crippen LogP) is 4.16. The second kappa shape index (κ2) is 5.93. The largest absolute Gasteiger partial charge is 0.310 e. The lowest BCUT2D eigenvalue weighted by molar-refractivity contribution is -0.384. The molecule has 0 aliphatic heterocycles. The zero-order valence-electron chi connectivity index (χ0n) is 12.2. The number of fused-ring (bicyclic) bond motifs is 2. The lowest BCUT2D eigenvalue weighted by Gasteiger charge is -2.28. The van der Waals surface area contributed by atoms with Crippen molar-refractivity contribution in [2.45, 2.75) is 45.2 Å². The Morgan fingerprint density at radius 3 is 2.86 bits per heavy atom. The van der Waals surface area contributed by atoms with Gasteiger partial charge in [-0.3, -0.25) is 10.1 Å². The van der Waals surface area contributed by atoms with Crippen molar-refractivity contribution >= 4 is 17.3 Å². The molecule has 2 saturated carbocycles. The molecule has 2 aliphatic carbocycles. The average molecular weight is 309 g/mol. The van der Waals surface area contributed by atoms with E-state index in [9.17, 15) is 10.1 Å². The van der Waals surface area contributed by atoms with Crippen molar-refractivity contribution in [2.24, 2.45) is 17.8 Å². The third kappa shape index (κ3) is 3.06. The van der Waals surface area contributed by atoms with Crippen LogP contribution in [0.15, 0.2) is 18.2 Å². The number of hydrogen-bond donors (Lipinski definition) is 1. The second-order valence-electron chi connectivity index (χ2n) is 6.54. The first-order valence-electron chi connectivity index (χ1n) is 7.71. The highest BCUT2D eigenvalue weighted by atomic mass is 35.5. The Kier molecular flexibility index (Phi) is 4.18. The van der Waals surface area contributed by atoms with E-state index in [-0.39, 0.29) is 10.6 Å². The lowest BCUT2D eigenvalue weighted by atomic mass is 9.84. The maximum absolute atomic E-state index is 10.8. The normalized spacial score (nSPS) is 28.8. The van der Waals surface area contributed by atoms with Crippen LogP contribution in [0.4, 0.5) is 5.69 Å². The zero-order valence-corrected chi connectivity index (χ0v) is 13.0. The van der Waals surface area contributed by atoms with Crippen molar-refractivity contribution in [3.05, 3.63) is 38.9 Å². The standard InChI is InChI=1S/C16H21ClN2O2/c1-10(15-7-11-2-3-12(15)6-11)18-9-13-8-14(19(20)21)4-5-16(13)17/h4-5,8,10-12,15,18H,2-3,6-7,9H2,1H3. The van der Waals surface area contributed by atoms with E-state index in [1.54, 1.807) is 12.1 Å². The molecule has 0 spiro atoms. The van der Waals surface area contributed by atoms with Crippen molar-refractivity contribution in [1.29, 1.82) is 0 Å². The Balaban J connectivity index is 1.62. The molecule has 1 aromatic carbocycles. The summed E-state index contributed by atoms with van der Waals surface area (Å²) in [6.45, 7) is 2.83. The van der Waals surface area contributed by atoms with Crippen LogP contribution in [-0.4, -0.2) is 11.0 Å². The maximum Gasteiger partial charge on any atom is 0.269 e. The molecule has 4 nitrogen and oxygen atoms in total. The Morgan fingerprint density at radius 1 is 1.43 bits per heavy atom. The molecule has 114 valence electrons. The molecule has 2 fully saturated rings. The number of nitrogens with zero attached hydrogens (tertiary/aromatic N) is 1. The first-order chi connectivity index (χ1) is 10.0. The van der Waals surface area contributed by atoms with Gasteiger partial charge in [-0.25, -0.2) is 0 Å². The summed E-state index contributed by atoms with van der Waals surface area (Å²) in [6.07, 6.45) is 5.51. The molecule has 0 aromatic heterocycles. The van der Waals surface area contributed by atoms with Crippen molar-refractivity contribution in [3.63, 3.8) is 0 Å². The number of rotatable bonds is 5. The summed E-state index contributed by atoms with van der Waals surface area (Å²) in [5, 5.41) is 15.0. The van der Waals surface area contributed by atoms with Gasteiger partial charge in [-0.15, -0.1) is 0 Å². The van der Waals surface area contributed by atoms with Crippen LogP contribution in [0, 0.1) is 27.9 Å². The number of hydrogen-bond acceptors (Lipinski definition) is 3. The van der Waals surface area contributed by atoms with E-state index in [1.165, 1.54) is 31.7 Å². The smallest absolute Gasteiger partial charge is 0.269 e. The van der Waals surface area contributed by atoms with E-state index < -0.39 is 0 Å². The van der Waals surface area contributed by atoms with Gasteiger partial charge in [0.2, 0.25) is 0 Å². The first-order valence-corrected chi connectivity index (χ1v) is 8.08. The van der Waals surface area contributed by atoms with Crippen LogP contribution in [0.25, 0.3) is 0 Å². The van der Waals surface area contributed by atoms with Gasteiger partial charge in [0.05, 0.1) is 4.92 Å². The number of halogens is 1. The van der Waals surface area contributed by atoms with Crippen LogP contribution in [-0.2, 0) is 6.54 Å². The Morgan fingerprint density at radius 2 is 2.24 bits per heavy atom. The highest BCUT2D eigenvalue weighted by Crippen LogP contribution is 2.49. The van der Waals surface area contributed by atoms with Gasteiger partial charge in [-0.1, -0.05) is 18.0 Å². The second-order valence-corrected chi connectivity index (χ2v) is 6.95. The number of nitro benzene ring substituents is 1. The molecule has 2 aliphatic rings. The molecule has 3 rings (SSSR count). The Labute approximate surface area is 130 Å². The number of benzene rings is 1. The molecule has 4 unspecified atom stereocenters. The highest BCUT2D eigenvalue weighted by Gasteiger charge is 2.41. The van der Waals surface area contributed by atoms with Crippen molar-refractivity contribution in [1.82, 2.24) is 5.32 Å². The van der Waals surface area contributed by atoms with E-state index in [2.05, 4.69) is 12.2 Å². The fourth-order valence-corrected chi connectivity index (χ4v) is 4.32. The summed E-state index contributed by atoms with van der Waals surface area (Å²) >= 11 is 6.14. The number of nitro groups is 1. The quantitative estimate of drug-likeness (QED) is 0.656. The van der Waals surface area contributed by atoms with Crippen LogP contribution in [0.2, 0.25) is 5.02 Å². The van der Waals surface area contributed by atoms with Gasteiger partial charge in [0, 0.05) is 29.7 Å². The molecular formula is C16H21ClN2O2. The highest BCUT2D eigenvalue weighted by molar-refractivity contribution is 6.31. The third-order valence-corrected chi connectivity index (χ3v) is 5.66. The summed E-state index contributed by atoms with van der Waals surface area (Å²) in [5.41, 5.74) is 0.907. The molecule has 0 saturated heterocycles. The Bertz CT molecular complexity index is 549. The molecule has 5 heteroatoms. The third-order valence-electron chi connectivity index (χ3n) is 5.29. The van der Waals surface area contributed by atoms with Gasteiger partial charge < -0.3 is 5.32 Å². The molecule has 1 aromatic rings. The van der Waals surface area contributed by atoms with Crippen molar-refractivity contribution < 1.29 is 4.92 Å². The first kappa shape index (κ1) is 14.8. The van der Waals surface area contributed by atoms with Crippen molar-refractivity contribution in [2.75, 3.05) is 0 Å². The minimum absolute atomic E-state index is 0.101. The van der Waals surface area contributed by atoms with Gasteiger partial charge in [-0.2, -0.15) is 0 Å². The van der Waals surface area contributed by atoms with Crippen LogP contribution in [0.3, 0.4) is 0 Å². The van der Waals surface area contributed by atoms with E-state index in [1.807, 2.05) is 0 Å². The zero-order chi connectivity index (χ0) is 15.0. The van der Waals surface area contributed by atoms with Crippen LogP contribution in [0.5, 0.6) is 0 Å². The van der Waals surface area contributed by atoms with Gasteiger partial charge in [0.15, 0.2) is 0 Å². The maximum atomic E-state index is 10.8. The van der Waals surface area contributed by atoms with E-state index in [0.29, 0.717) is 17.6 Å². The van der Waals surface area contributed by atoms with Crippen molar-refractivity contribution in [3.8, 4) is 0 Å². The number of non-ortho nitro benzene ring substituents is 1. The fraction of sp³-hybridized carbons (Fsp3) is 0.625. The minimum atomic E-state index is -0.376. The van der Waals surface area contributed by atoms with E-state index >= 15 is 0 Å². The van der Waals surface area contributed by atoms with E-state index in [4.69, 9.17) is 11.6 Å². The predicted molar refractivity (Wildman–Crippen MR) is 83.3 cm³/mol. The van der Waals surface area contributed by atoms with Crippen LogP contribution in [0.1, 0.15) is 38.2 Å². The monoisotopic (exact) mass is 308 g/mol. The summed E-state index contributed by atoms with van der Waals surface area (Å²) in [7, 11) is 0. The number of nitrogens with one attached hydrogen (secondary N) is 1. The summed E-state index contributed by atoms with van der Waals surface area (Å²) in [4.78, 5) is 10.5. The summed E-state index contributed by atoms with van der Waals surface area (Å²) in [5.74, 6) is 2.56. The van der Waals surface area contributed by atoms with Gasteiger partial charge in [0.1, 0.15) is 0 Å². The minimum Gasteiger partial charge on any atom is -0.310 e. The molecule has 0 radical (unpaired) electrons. The fourth-order valence-electron chi connectivity index (χ4n) is 4.14. The van der Waals surface area contributed by atoms with Gasteiger partial charge >= 0.3 is 0 Å². The van der Waals surface area contributed by atoms with Crippen LogP contribution >= 0.6 is 11.6 Å². The molecular weight excluding hydrogens is 288 g/mol. The molecule has 0 heterocycles. The molecule has 0 amide bonds. The molecule has 4 atom stereocenters. The molecule has 1 N–H and O–H groups in total. The van der Waals surface area contributed by atoms with Gasteiger partial charge in [0.25, 0.3) is 5.69 Å². The molecule has 21 heavy (non-hydrogen) atoms. The SMILES string of the molecule is CC(NCc1cc([N+](=O)[O-])ccc1Cl)C1CC2CCC1C2. The topological polar surface area (TPSA) is 55.2 Å². The summed E-state index contributed by atoms with van der Waals surface area (Å²) in [6, 6.07) is 5.07. The Hall–Kier alpha value is -1.13. The summed E-state index contributed by atoms with van der Waals surface area (Å²) < 4.78 is 0. The molecule has 2 bridgehead atoms. The average Bonchev–Trinajstić information content (AvgIpc) is 3.08.